The Morgan fingerprint density at radius 3 is 2.28 bits per heavy atom. The maximum absolute atomic E-state index is 10.5. The summed E-state index contributed by atoms with van der Waals surface area (Å²) in [6, 6.07) is 0. The van der Waals surface area contributed by atoms with Gasteiger partial charge in [-0.05, 0) is 0 Å². The summed E-state index contributed by atoms with van der Waals surface area (Å²) in [5, 5.41) is 21.0. The number of piperidine rings is 1. The number of ether oxygens (including phenoxy) is 2. The van der Waals surface area contributed by atoms with E-state index in [0.29, 0.717) is 0 Å². The molecule has 18 heavy (non-hydrogen) atoms. The number of aliphatic hydroxyl groups excluding tert-OH is 2. The summed E-state index contributed by atoms with van der Waals surface area (Å²) in [4.78, 5) is 1.33. The highest BCUT2D eigenvalue weighted by molar-refractivity contribution is 5.00. The molecular formula is C13H26NO4+. The van der Waals surface area contributed by atoms with Crippen molar-refractivity contribution in [1.82, 2.24) is 0 Å². The van der Waals surface area contributed by atoms with Crippen molar-refractivity contribution in [1.29, 1.82) is 0 Å². The monoisotopic (exact) mass is 260 g/mol. The van der Waals surface area contributed by atoms with Gasteiger partial charge in [0.15, 0.2) is 0 Å². The van der Waals surface area contributed by atoms with E-state index < -0.39 is 12.2 Å². The molecule has 0 amide bonds. The second-order valence-corrected chi connectivity index (χ2v) is 5.92. The van der Waals surface area contributed by atoms with Crippen molar-refractivity contribution in [3.63, 3.8) is 0 Å². The van der Waals surface area contributed by atoms with E-state index in [1.807, 2.05) is 6.92 Å². The molecule has 0 bridgehead atoms. The van der Waals surface area contributed by atoms with Crippen LogP contribution in [0.2, 0.25) is 0 Å². The van der Waals surface area contributed by atoms with E-state index in [-0.39, 0.29) is 30.0 Å². The lowest BCUT2D eigenvalue weighted by Gasteiger charge is -2.51. The van der Waals surface area contributed by atoms with E-state index in [9.17, 15) is 10.2 Å². The van der Waals surface area contributed by atoms with Crippen molar-refractivity contribution in [3.8, 4) is 0 Å². The Morgan fingerprint density at radius 1 is 1.06 bits per heavy atom. The molecule has 1 heterocycles. The van der Waals surface area contributed by atoms with Crippen molar-refractivity contribution < 1.29 is 24.6 Å². The molecule has 1 saturated heterocycles. The number of nitrogens with one attached hydrogen (secondary N) is 1. The Bertz CT molecular complexity index is 288. The molecule has 1 saturated carbocycles. The standard InChI is InChI=1S/C13H25NO4/c1-7-11(15)10-8(12(16)13(7)18-4)5-14(2)6-9(10)17-3/h7-13,15-16H,5-6H2,1-4H3/p+1. The second kappa shape index (κ2) is 5.43. The van der Waals surface area contributed by atoms with E-state index in [4.69, 9.17) is 9.47 Å². The molecule has 1 aliphatic carbocycles. The van der Waals surface area contributed by atoms with E-state index in [1.165, 1.54) is 4.90 Å². The van der Waals surface area contributed by atoms with Crippen LogP contribution in [-0.4, -0.2) is 69.0 Å². The minimum atomic E-state index is -0.522. The van der Waals surface area contributed by atoms with Gasteiger partial charge in [0, 0.05) is 32.0 Å². The van der Waals surface area contributed by atoms with Crippen LogP contribution in [0.4, 0.5) is 0 Å². The van der Waals surface area contributed by atoms with E-state index >= 15 is 0 Å². The lowest BCUT2D eigenvalue weighted by Crippen LogP contribution is -3.13. The quantitative estimate of drug-likeness (QED) is 0.545. The number of methoxy groups -OCH3 is 2. The van der Waals surface area contributed by atoms with Crippen molar-refractivity contribution >= 4 is 0 Å². The van der Waals surface area contributed by atoms with Crippen molar-refractivity contribution in [2.75, 3.05) is 34.4 Å². The molecule has 0 radical (unpaired) electrons. The molecular weight excluding hydrogens is 234 g/mol. The number of likely N-dealkylation sites (tertiary alicyclic amines) is 1. The first-order valence-electron chi connectivity index (χ1n) is 6.74. The average molecular weight is 260 g/mol. The molecule has 5 nitrogen and oxygen atoms in total. The van der Waals surface area contributed by atoms with Gasteiger partial charge in [0.05, 0.1) is 31.9 Å². The highest BCUT2D eigenvalue weighted by Crippen LogP contribution is 2.39. The first-order chi connectivity index (χ1) is 8.51. The Balaban J connectivity index is 2.26. The Labute approximate surface area is 109 Å². The summed E-state index contributed by atoms with van der Waals surface area (Å²) < 4.78 is 10.9. The van der Waals surface area contributed by atoms with Crippen LogP contribution >= 0.6 is 0 Å². The predicted molar refractivity (Wildman–Crippen MR) is 66.4 cm³/mol. The lowest BCUT2D eigenvalue weighted by atomic mass is 9.65. The Hall–Kier alpha value is -0.200. The number of hydrogen-bond donors (Lipinski definition) is 3. The average Bonchev–Trinajstić information content (AvgIpc) is 2.35. The zero-order valence-electron chi connectivity index (χ0n) is 11.7. The topological polar surface area (TPSA) is 63.4 Å². The third kappa shape index (κ3) is 2.18. The molecule has 3 N–H and O–H groups in total. The molecule has 1 aliphatic heterocycles. The number of rotatable bonds is 2. The highest BCUT2D eigenvalue weighted by Gasteiger charge is 2.54. The normalized spacial score (nSPS) is 53.0. The van der Waals surface area contributed by atoms with Crippen LogP contribution in [0.15, 0.2) is 0 Å². The molecule has 2 aliphatic rings. The smallest absolute Gasteiger partial charge is 0.112 e. The van der Waals surface area contributed by atoms with Crippen LogP contribution in [0.3, 0.4) is 0 Å². The summed E-state index contributed by atoms with van der Waals surface area (Å²) >= 11 is 0. The van der Waals surface area contributed by atoms with Gasteiger partial charge in [0.2, 0.25) is 0 Å². The number of fused-ring (bicyclic) bond motifs is 1. The first kappa shape index (κ1) is 14.2. The molecule has 0 aromatic carbocycles. The van der Waals surface area contributed by atoms with E-state index in [2.05, 4.69) is 7.05 Å². The fraction of sp³-hybridized carbons (Fsp3) is 1.00. The first-order valence-corrected chi connectivity index (χ1v) is 6.74. The van der Waals surface area contributed by atoms with Gasteiger partial charge < -0.3 is 24.6 Å². The van der Waals surface area contributed by atoms with Gasteiger partial charge in [-0.3, -0.25) is 0 Å². The minimum Gasteiger partial charge on any atom is -0.392 e. The minimum absolute atomic E-state index is 0.00801. The van der Waals surface area contributed by atoms with Crippen LogP contribution < -0.4 is 4.90 Å². The summed E-state index contributed by atoms with van der Waals surface area (Å²) in [7, 11) is 5.39. The Kier molecular flexibility index (Phi) is 4.29. The van der Waals surface area contributed by atoms with Crippen molar-refractivity contribution in [2.45, 2.75) is 31.3 Å². The van der Waals surface area contributed by atoms with Gasteiger partial charge >= 0.3 is 0 Å². The molecule has 2 fully saturated rings. The third-order valence-corrected chi connectivity index (χ3v) is 4.86. The molecule has 0 aromatic heterocycles. The zero-order valence-corrected chi connectivity index (χ0v) is 11.7. The fourth-order valence-electron chi connectivity index (χ4n) is 3.89. The molecule has 0 spiro atoms. The fourth-order valence-corrected chi connectivity index (χ4v) is 3.89. The van der Waals surface area contributed by atoms with Crippen LogP contribution in [0, 0.1) is 17.8 Å². The predicted octanol–water partition coefficient (Wildman–Crippen LogP) is -1.85. The summed E-state index contributed by atoms with van der Waals surface area (Å²) in [5.74, 6) is -0.0164. The van der Waals surface area contributed by atoms with Gasteiger partial charge in [-0.2, -0.15) is 0 Å². The summed E-state index contributed by atoms with van der Waals surface area (Å²) in [5.41, 5.74) is 0. The van der Waals surface area contributed by atoms with Crippen molar-refractivity contribution in [2.24, 2.45) is 17.8 Å². The van der Waals surface area contributed by atoms with Crippen LogP contribution in [0.5, 0.6) is 0 Å². The maximum atomic E-state index is 10.5. The van der Waals surface area contributed by atoms with Crippen LogP contribution in [0.25, 0.3) is 0 Å². The number of quaternary nitrogens is 1. The van der Waals surface area contributed by atoms with Gasteiger partial charge in [0.1, 0.15) is 12.6 Å². The second-order valence-electron chi connectivity index (χ2n) is 5.92. The molecule has 106 valence electrons. The molecule has 8 atom stereocenters. The molecule has 0 aromatic rings. The van der Waals surface area contributed by atoms with Gasteiger partial charge in [-0.25, -0.2) is 0 Å². The molecule has 2 rings (SSSR count). The summed E-state index contributed by atoms with van der Waals surface area (Å²) in [6.07, 6.45) is -1.27. The van der Waals surface area contributed by atoms with E-state index in [0.717, 1.165) is 13.1 Å². The van der Waals surface area contributed by atoms with Crippen LogP contribution in [-0.2, 0) is 9.47 Å². The summed E-state index contributed by atoms with van der Waals surface area (Å²) in [6.45, 7) is 3.68. The largest absolute Gasteiger partial charge is 0.392 e. The SMILES string of the molecule is COC1C[NH+](C)CC2C(O)C(OC)C(C)C(O)C12. The molecule has 5 heteroatoms. The highest BCUT2D eigenvalue weighted by atomic mass is 16.5. The van der Waals surface area contributed by atoms with Gasteiger partial charge in [-0.15, -0.1) is 0 Å². The van der Waals surface area contributed by atoms with Gasteiger partial charge in [-0.1, -0.05) is 6.92 Å². The van der Waals surface area contributed by atoms with E-state index in [1.54, 1.807) is 14.2 Å². The molecule has 8 unspecified atom stereocenters. The number of aliphatic hydroxyl groups is 2. The number of hydrogen-bond acceptors (Lipinski definition) is 4. The van der Waals surface area contributed by atoms with Crippen molar-refractivity contribution in [3.05, 3.63) is 0 Å². The lowest BCUT2D eigenvalue weighted by molar-refractivity contribution is -0.895. The third-order valence-electron chi connectivity index (χ3n) is 4.86. The van der Waals surface area contributed by atoms with Gasteiger partial charge in [0.25, 0.3) is 0 Å². The zero-order chi connectivity index (χ0) is 13.4. The van der Waals surface area contributed by atoms with Crippen LogP contribution in [0.1, 0.15) is 6.92 Å². The maximum Gasteiger partial charge on any atom is 0.112 e. The number of likely N-dealkylation sites (N-methyl/N-ethyl adjacent to an activating group) is 1. The Morgan fingerprint density at radius 2 is 1.72 bits per heavy atom.